The minimum Gasteiger partial charge on any atom is -0.345 e. The highest BCUT2D eigenvalue weighted by atomic mass is 32.1. The van der Waals surface area contributed by atoms with Gasteiger partial charge in [0.1, 0.15) is 0 Å². The summed E-state index contributed by atoms with van der Waals surface area (Å²) in [4.78, 5) is 7.31. The van der Waals surface area contributed by atoms with Crippen molar-refractivity contribution in [1.82, 2.24) is 4.98 Å². The van der Waals surface area contributed by atoms with Crippen LogP contribution in [0, 0.1) is 5.92 Å². The maximum absolute atomic E-state index is 5.60. The van der Waals surface area contributed by atoms with E-state index in [1.54, 1.807) is 11.3 Å². The Morgan fingerprint density at radius 3 is 2.78 bits per heavy atom. The highest BCUT2D eigenvalue weighted by Gasteiger charge is 2.25. The first-order chi connectivity index (χ1) is 8.70. The van der Waals surface area contributed by atoms with Crippen molar-refractivity contribution >= 4 is 16.5 Å². The zero-order chi connectivity index (χ0) is 13.0. The second kappa shape index (κ2) is 6.53. The SMILES string of the molecule is CC(C)CN(c1nc(CCN)cs1)C1CCCC1. The second-order valence-corrected chi connectivity index (χ2v) is 6.48. The molecule has 0 amide bonds. The van der Waals surface area contributed by atoms with E-state index in [-0.39, 0.29) is 0 Å². The Morgan fingerprint density at radius 2 is 2.17 bits per heavy atom. The van der Waals surface area contributed by atoms with Crippen LogP contribution < -0.4 is 10.6 Å². The summed E-state index contributed by atoms with van der Waals surface area (Å²) in [6, 6.07) is 0.712. The van der Waals surface area contributed by atoms with E-state index in [1.165, 1.54) is 30.8 Å². The minimum absolute atomic E-state index is 0.687. The number of anilines is 1. The van der Waals surface area contributed by atoms with Gasteiger partial charge in [0.15, 0.2) is 5.13 Å². The summed E-state index contributed by atoms with van der Waals surface area (Å²) in [6.45, 7) is 6.39. The van der Waals surface area contributed by atoms with Crippen LogP contribution in [-0.4, -0.2) is 24.1 Å². The van der Waals surface area contributed by atoms with Crippen LogP contribution in [0.2, 0.25) is 0 Å². The predicted octanol–water partition coefficient (Wildman–Crippen LogP) is 3.05. The third kappa shape index (κ3) is 3.45. The van der Waals surface area contributed by atoms with E-state index in [2.05, 4.69) is 24.1 Å². The van der Waals surface area contributed by atoms with E-state index in [9.17, 15) is 0 Å². The van der Waals surface area contributed by atoms with E-state index in [4.69, 9.17) is 10.7 Å². The van der Waals surface area contributed by atoms with Gasteiger partial charge in [-0.1, -0.05) is 26.7 Å². The van der Waals surface area contributed by atoms with Crippen molar-refractivity contribution in [1.29, 1.82) is 0 Å². The van der Waals surface area contributed by atoms with E-state index in [0.717, 1.165) is 18.7 Å². The van der Waals surface area contributed by atoms with Crippen molar-refractivity contribution in [3.63, 3.8) is 0 Å². The number of thiazole rings is 1. The average molecular weight is 267 g/mol. The molecule has 2 N–H and O–H groups in total. The van der Waals surface area contributed by atoms with Crippen LogP contribution in [0.15, 0.2) is 5.38 Å². The quantitative estimate of drug-likeness (QED) is 0.861. The topological polar surface area (TPSA) is 42.2 Å². The molecule has 102 valence electrons. The van der Waals surface area contributed by atoms with Crippen LogP contribution in [0.5, 0.6) is 0 Å². The van der Waals surface area contributed by atoms with Gasteiger partial charge in [-0.3, -0.25) is 0 Å². The van der Waals surface area contributed by atoms with Crippen molar-refractivity contribution in [3.05, 3.63) is 11.1 Å². The van der Waals surface area contributed by atoms with Gasteiger partial charge < -0.3 is 10.6 Å². The molecular formula is C14H25N3S. The molecular weight excluding hydrogens is 242 g/mol. The summed E-state index contributed by atoms with van der Waals surface area (Å²) >= 11 is 1.79. The zero-order valence-electron chi connectivity index (χ0n) is 11.6. The highest BCUT2D eigenvalue weighted by Crippen LogP contribution is 2.31. The van der Waals surface area contributed by atoms with Gasteiger partial charge in [0.25, 0.3) is 0 Å². The molecule has 1 saturated carbocycles. The summed E-state index contributed by atoms with van der Waals surface area (Å²) in [5.41, 5.74) is 6.76. The molecule has 0 atom stereocenters. The third-order valence-electron chi connectivity index (χ3n) is 3.51. The molecule has 4 heteroatoms. The molecule has 0 aromatic carbocycles. The highest BCUT2D eigenvalue weighted by molar-refractivity contribution is 7.13. The van der Waals surface area contributed by atoms with E-state index < -0.39 is 0 Å². The van der Waals surface area contributed by atoms with Gasteiger partial charge in [0.2, 0.25) is 0 Å². The molecule has 3 nitrogen and oxygen atoms in total. The fourth-order valence-corrected chi connectivity index (χ4v) is 3.62. The first-order valence-corrected chi connectivity index (χ1v) is 7.99. The number of nitrogens with two attached hydrogens (primary N) is 1. The Bertz CT molecular complexity index is 356. The zero-order valence-corrected chi connectivity index (χ0v) is 12.4. The lowest BCUT2D eigenvalue weighted by Gasteiger charge is -2.30. The molecule has 1 aromatic rings. The normalized spacial score (nSPS) is 16.7. The van der Waals surface area contributed by atoms with Crippen LogP contribution >= 0.6 is 11.3 Å². The monoisotopic (exact) mass is 267 g/mol. The van der Waals surface area contributed by atoms with E-state index in [0.29, 0.717) is 18.5 Å². The van der Waals surface area contributed by atoms with Crippen molar-refractivity contribution in [2.45, 2.75) is 52.0 Å². The van der Waals surface area contributed by atoms with Crippen molar-refractivity contribution in [2.75, 3.05) is 18.0 Å². The van der Waals surface area contributed by atoms with Crippen molar-refractivity contribution < 1.29 is 0 Å². The van der Waals surface area contributed by atoms with Crippen LogP contribution in [0.25, 0.3) is 0 Å². The van der Waals surface area contributed by atoms with Crippen LogP contribution in [0.3, 0.4) is 0 Å². The first-order valence-electron chi connectivity index (χ1n) is 7.11. The molecule has 1 heterocycles. The number of hydrogen-bond acceptors (Lipinski definition) is 4. The Balaban J connectivity index is 2.10. The van der Waals surface area contributed by atoms with Crippen LogP contribution in [-0.2, 0) is 6.42 Å². The summed E-state index contributed by atoms with van der Waals surface area (Å²) in [7, 11) is 0. The van der Waals surface area contributed by atoms with Gasteiger partial charge in [-0.25, -0.2) is 4.98 Å². The van der Waals surface area contributed by atoms with Gasteiger partial charge >= 0.3 is 0 Å². The molecule has 0 aliphatic heterocycles. The van der Waals surface area contributed by atoms with Gasteiger partial charge in [-0.2, -0.15) is 0 Å². The lowest BCUT2D eigenvalue weighted by molar-refractivity contribution is 0.534. The molecule has 2 rings (SSSR count). The maximum Gasteiger partial charge on any atom is 0.185 e. The summed E-state index contributed by atoms with van der Waals surface area (Å²) < 4.78 is 0. The second-order valence-electron chi connectivity index (χ2n) is 5.64. The Labute approximate surface area is 114 Å². The standard InChI is InChI=1S/C14H25N3S/c1-11(2)9-17(13-5-3-4-6-13)14-16-12(7-8-15)10-18-14/h10-11,13H,3-9,15H2,1-2H3. The summed E-state index contributed by atoms with van der Waals surface area (Å²) in [6.07, 6.45) is 6.31. The molecule has 0 spiro atoms. The van der Waals surface area contributed by atoms with Crippen LogP contribution in [0.4, 0.5) is 5.13 Å². The molecule has 0 saturated heterocycles. The number of hydrogen-bond donors (Lipinski definition) is 1. The Kier molecular flexibility index (Phi) is 5.01. The molecule has 0 unspecified atom stereocenters. The fourth-order valence-electron chi connectivity index (χ4n) is 2.68. The third-order valence-corrected chi connectivity index (χ3v) is 4.44. The van der Waals surface area contributed by atoms with E-state index >= 15 is 0 Å². The van der Waals surface area contributed by atoms with Crippen LogP contribution in [0.1, 0.15) is 45.2 Å². The molecule has 1 aromatic heterocycles. The lowest BCUT2D eigenvalue weighted by Crippen LogP contribution is -2.36. The van der Waals surface area contributed by atoms with Gasteiger partial charge in [-0.15, -0.1) is 11.3 Å². The van der Waals surface area contributed by atoms with Gasteiger partial charge in [0, 0.05) is 24.4 Å². The maximum atomic E-state index is 5.60. The summed E-state index contributed by atoms with van der Waals surface area (Å²) in [5, 5.41) is 3.38. The smallest absolute Gasteiger partial charge is 0.185 e. The number of aromatic nitrogens is 1. The Morgan fingerprint density at radius 1 is 1.44 bits per heavy atom. The number of nitrogens with zero attached hydrogens (tertiary/aromatic N) is 2. The minimum atomic E-state index is 0.687. The average Bonchev–Trinajstić information content (AvgIpc) is 2.97. The van der Waals surface area contributed by atoms with Crippen molar-refractivity contribution in [3.8, 4) is 0 Å². The lowest BCUT2D eigenvalue weighted by atomic mass is 10.1. The molecule has 1 aliphatic carbocycles. The molecule has 1 fully saturated rings. The molecule has 1 aliphatic rings. The van der Waals surface area contributed by atoms with Gasteiger partial charge in [-0.05, 0) is 25.3 Å². The fraction of sp³-hybridized carbons (Fsp3) is 0.786. The number of rotatable bonds is 6. The molecule has 0 bridgehead atoms. The predicted molar refractivity (Wildman–Crippen MR) is 79.3 cm³/mol. The molecule has 0 radical (unpaired) electrons. The Hall–Kier alpha value is -0.610. The summed E-state index contributed by atoms with van der Waals surface area (Å²) in [5.74, 6) is 0.687. The largest absolute Gasteiger partial charge is 0.345 e. The molecule has 18 heavy (non-hydrogen) atoms. The van der Waals surface area contributed by atoms with Gasteiger partial charge in [0.05, 0.1) is 5.69 Å². The first kappa shape index (κ1) is 13.8. The van der Waals surface area contributed by atoms with Crippen molar-refractivity contribution in [2.24, 2.45) is 11.7 Å². The van der Waals surface area contributed by atoms with E-state index in [1.807, 2.05) is 0 Å².